The van der Waals surface area contributed by atoms with Gasteiger partial charge in [0.25, 0.3) is 0 Å². The van der Waals surface area contributed by atoms with E-state index in [2.05, 4.69) is 34.7 Å². The van der Waals surface area contributed by atoms with Gasteiger partial charge in [0.2, 0.25) is 5.91 Å². The van der Waals surface area contributed by atoms with Crippen LogP contribution in [0.2, 0.25) is 0 Å². The van der Waals surface area contributed by atoms with Crippen LogP contribution in [0.25, 0.3) is 0 Å². The summed E-state index contributed by atoms with van der Waals surface area (Å²) in [5.74, 6) is 1.05. The SMILES string of the molecule is CCCN(CC1CCNCC1)C(=O)CCCc1cccs1. The third kappa shape index (κ3) is 5.79. The molecule has 1 saturated heterocycles. The summed E-state index contributed by atoms with van der Waals surface area (Å²) < 4.78 is 0. The van der Waals surface area contributed by atoms with Gasteiger partial charge in [-0.25, -0.2) is 0 Å². The molecule has 0 aromatic carbocycles. The Morgan fingerprint density at radius 1 is 1.43 bits per heavy atom. The van der Waals surface area contributed by atoms with E-state index in [0.717, 1.165) is 45.4 Å². The molecule has 0 bridgehead atoms. The van der Waals surface area contributed by atoms with E-state index < -0.39 is 0 Å². The second-order valence-electron chi connectivity index (χ2n) is 5.97. The first-order valence-corrected chi connectivity index (χ1v) is 9.18. The largest absolute Gasteiger partial charge is 0.342 e. The van der Waals surface area contributed by atoms with Crippen LogP contribution in [0.5, 0.6) is 0 Å². The molecular weight excluding hydrogens is 280 g/mol. The van der Waals surface area contributed by atoms with E-state index >= 15 is 0 Å². The first-order valence-electron chi connectivity index (χ1n) is 8.30. The van der Waals surface area contributed by atoms with Crippen LogP contribution >= 0.6 is 11.3 Å². The molecular formula is C17H28N2OS. The van der Waals surface area contributed by atoms with E-state index in [4.69, 9.17) is 0 Å². The molecule has 0 unspecified atom stereocenters. The van der Waals surface area contributed by atoms with Crippen LogP contribution < -0.4 is 5.32 Å². The molecule has 0 radical (unpaired) electrons. The Balaban J connectivity index is 1.74. The number of hydrogen-bond donors (Lipinski definition) is 1. The maximum absolute atomic E-state index is 12.4. The van der Waals surface area contributed by atoms with Gasteiger partial charge < -0.3 is 10.2 Å². The average Bonchev–Trinajstić information content (AvgIpc) is 3.01. The zero-order valence-corrected chi connectivity index (χ0v) is 14.0. The normalized spacial score (nSPS) is 16.0. The van der Waals surface area contributed by atoms with Crippen LogP contribution in [0.1, 0.15) is 43.9 Å². The molecule has 1 aromatic heterocycles. The highest BCUT2D eigenvalue weighted by Crippen LogP contribution is 2.16. The molecule has 1 aromatic rings. The topological polar surface area (TPSA) is 32.3 Å². The first-order chi connectivity index (χ1) is 10.3. The van der Waals surface area contributed by atoms with E-state index in [0.29, 0.717) is 18.2 Å². The number of nitrogens with one attached hydrogen (secondary N) is 1. The van der Waals surface area contributed by atoms with Crippen LogP contribution in [-0.4, -0.2) is 37.0 Å². The van der Waals surface area contributed by atoms with E-state index in [-0.39, 0.29) is 0 Å². The quantitative estimate of drug-likeness (QED) is 0.799. The molecule has 1 N–H and O–H groups in total. The van der Waals surface area contributed by atoms with Crippen LogP contribution in [0.3, 0.4) is 0 Å². The van der Waals surface area contributed by atoms with Crippen molar-refractivity contribution in [3.8, 4) is 0 Å². The lowest BCUT2D eigenvalue weighted by Gasteiger charge is -2.30. The Labute approximate surface area is 132 Å². The number of hydrogen-bond acceptors (Lipinski definition) is 3. The van der Waals surface area contributed by atoms with Crippen molar-refractivity contribution in [3.63, 3.8) is 0 Å². The Morgan fingerprint density at radius 2 is 2.24 bits per heavy atom. The van der Waals surface area contributed by atoms with Crippen molar-refractivity contribution in [1.82, 2.24) is 10.2 Å². The average molecular weight is 308 g/mol. The summed E-state index contributed by atoms with van der Waals surface area (Å²) in [4.78, 5) is 16.0. The van der Waals surface area contributed by atoms with Crippen LogP contribution in [0, 0.1) is 5.92 Å². The number of carbonyl (C=O) groups is 1. The summed E-state index contributed by atoms with van der Waals surface area (Å²) in [6.45, 7) is 6.26. The van der Waals surface area contributed by atoms with Gasteiger partial charge in [-0.3, -0.25) is 4.79 Å². The highest BCUT2D eigenvalue weighted by Gasteiger charge is 2.19. The fraction of sp³-hybridized carbons (Fsp3) is 0.706. The zero-order valence-electron chi connectivity index (χ0n) is 13.1. The maximum atomic E-state index is 12.4. The fourth-order valence-electron chi connectivity index (χ4n) is 2.99. The van der Waals surface area contributed by atoms with Crippen molar-refractivity contribution in [2.75, 3.05) is 26.2 Å². The number of piperidine rings is 1. The summed E-state index contributed by atoms with van der Waals surface area (Å²) in [5.41, 5.74) is 0. The molecule has 1 aliphatic heterocycles. The second kappa shape index (κ2) is 9.21. The Kier molecular flexibility index (Phi) is 7.24. The predicted octanol–water partition coefficient (Wildman–Crippen LogP) is 3.31. The Hall–Kier alpha value is -0.870. The van der Waals surface area contributed by atoms with Crippen molar-refractivity contribution >= 4 is 17.2 Å². The number of carbonyl (C=O) groups excluding carboxylic acids is 1. The lowest BCUT2D eigenvalue weighted by Crippen LogP contribution is -2.39. The van der Waals surface area contributed by atoms with Crippen LogP contribution in [-0.2, 0) is 11.2 Å². The molecule has 21 heavy (non-hydrogen) atoms. The van der Waals surface area contributed by atoms with Gasteiger partial charge in [0.05, 0.1) is 0 Å². The Bertz CT molecular complexity index is 399. The highest BCUT2D eigenvalue weighted by molar-refractivity contribution is 7.09. The monoisotopic (exact) mass is 308 g/mol. The van der Waals surface area contributed by atoms with Gasteiger partial charge in [0, 0.05) is 24.4 Å². The highest BCUT2D eigenvalue weighted by atomic mass is 32.1. The van der Waals surface area contributed by atoms with Gasteiger partial charge in [0.1, 0.15) is 0 Å². The molecule has 2 heterocycles. The van der Waals surface area contributed by atoms with Crippen LogP contribution in [0.4, 0.5) is 0 Å². The van der Waals surface area contributed by atoms with Crippen molar-refractivity contribution in [3.05, 3.63) is 22.4 Å². The summed E-state index contributed by atoms with van der Waals surface area (Å²) in [6.07, 6.45) is 6.19. The van der Waals surface area contributed by atoms with Gasteiger partial charge in [-0.2, -0.15) is 0 Å². The third-order valence-corrected chi connectivity index (χ3v) is 5.11. The molecule has 118 valence electrons. The van der Waals surface area contributed by atoms with Crippen molar-refractivity contribution in [2.24, 2.45) is 5.92 Å². The number of thiophene rings is 1. The zero-order chi connectivity index (χ0) is 14.9. The summed E-state index contributed by atoms with van der Waals surface area (Å²) >= 11 is 1.79. The minimum absolute atomic E-state index is 0.354. The molecule has 2 rings (SSSR count). The maximum Gasteiger partial charge on any atom is 0.222 e. The standard InChI is InChI=1S/C17H28N2OS/c1-2-12-19(14-15-8-10-18-11-9-15)17(20)7-3-5-16-6-4-13-21-16/h4,6,13,15,18H,2-3,5,7-12,14H2,1H3. The molecule has 0 aliphatic carbocycles. The van der Waals surface area contributed by atoms with Gasteiger partial charge >= 0.3 is 0 Å². The van der Waals surface area contributed by atoms with E-state index in [1.807, 2.05) is 0 Å². The second-order valence-corrected chi connectivity index (χ2v) is 7.00. The van der Waals surface area contributed by atoms with Crippen molar-refractivity contribution in [1.29, 1.82) is 0 Å². The first kappa shape index (κ1) is 16.5. The van der Waals surface area contributed by atoms with Crippen molar-refractivity contribution in [2.45, 2.75) is 45.4 Å². The number of nitrogens with zero attached hydrogens (tertiary/aromatic N) is 1. The third-order valence-electron chi connectivity index (χ3n) is 4.18. The summed E-state index contributed by atoms with van der Waals surface area (Å²) in [5, 5.41) is 5.51. The van der Waals surface area contributed by atoms with E-state index in [9.17, 15) is 4.79 Å². The van der Waals surface area contributed by atoms with Crippen LogP contribution in [0.15, 0.2) is 17.5 Å². The predicted molar refractivity (Wildman–Crippen MR) is 89.7 cm³/mol. The van der Waals surface area contributed by atoms with Gasteiger partial charge in [0.15, 0.2) is 0 Å². The molecule has 0 saturated carbocycles. The van der Waals surface area contributed by atoms with E-state index in [1.54, 1.807) is 11.3 Å². The molecule has 1 fully saturated rings. The summed E-state index contributed by atoms with van der Waals surface area (Å²) in [7, 11) is 0. The molecule has 0 spiro atoms. The lowest BCUT2D eigenvalue weighted by atomic mass is 9.97. The van der Waals surface area contributed by atoms with Crippen molar-refractivity contribution < 1.29 is 4.79 Å². The van der Waals surface area contributed by atoms with Gasteiger partial charge in [-0.05, 0) is 62.6 Å². The lowest BCUT2D eigenvalue weighted by molar-refractivity contribution is -0.132. The molecule has 1 aliphatic rings. The minimum Gasteiger partial charge on any atom is -0.342 e. The molecule has 3 nitrogen and oxygen atoms in total. The number of rotatable bonds is 8. The number of aryl methyl sites for hydroxylation is 1. The molecule has 1 amide bonds. The van der Waals surface area contributed by atoms with Gasteiger partial charge in [-0.1, -0.05) is 13.0 Å². The minimum atomic E-state index is 0.354. The fourth-order valence-corrected chi connectivity index (χ4v) is 3.74. The Morgan fingerprint density at radius 3 is 2.90 bits per heavy atom. The van der Waals surface area contributed by atoms with E-state index in [1.165, 1.54) is 17.7 Å². The number of amides is 1. The molecule has 4 heteroatoms. The summed E-state index contributed by atoms with van der Waals surface area (Å²) in [6, 6.07) is 4.25. The van der Waals surface area contributed by atoms with Gasteiger partial charge in [-0.15, -0.1) is 11.3 Å². The smallest absolute Gasteiger partial charge is 0.222 e. The molecule has 0 atom stereocenters.